The number of carboxylic acid groups (broad SMARTS) is 1. The van der Waals surface area contributed by atoms with Gasteiger partial charge in [-0.3, -0.25) is 14.6 Å². The van der Waals surface area contributed by atoms with Crippen molar-refractivity contribution in [1.29, 1.82) is 0 Å². The molecule has 1 aromatic heterocycles. The summed E-state index contributed by atoms with van der Waals surface area (Å²) in [7, 11) is 0. The number of carboxylic acids is 1. The van der Waals surface area contributed by atoms with Crippen molar-refractivity contribution >= 4 is 17.6 Å². The van der Waals surface area contributed by atoms with Gasteiger partial charge in [0, 0.05) is 25.2 Å². The van der Waals surface area contributed by atoms with Crippen molar-refractivity contribution in [1.82, 2.24) is 9.55 Å². The molecule has 0 fully saturated rings. The van der Waals surface area contributed by atoms with Crippen molar-refractivity contribution in [2.24, 2.45) is 0 Å². The number of aryl methyl sites for hydroxylation is 2. The summed E-state index contributed by atoms with van der Waals surface area (Å²) >= 11 is 0. The van der Waals surface area contributed by atoms with E-state index in [1.54, 1.807) is 13.0 Å². The molecular weight excluding hydrogens is 302 g/mol. The van der Waals surface area contributed by atoms with E-state index >= 15 is 0 Å². The number of nitrogens with one attached hydrogen (secondary N) is 2. The molecule has 3 N–H and O–H groups in total. The average Bonchev–Trinajstić information content (AvgIpc) is 2.48. The van der Waals surface area contributed by atoms with E-state index in [9.17, 15) is 19.2 Å². The molecule has 8 heteroatoms. The summed E-state index contributed by atoms with van der Waals surface area (Å²) in [6.07, 6.45) is 1.25. The van der Waals surface area contributed by atoms with E-state index in [1.807, 2.05) is 0 Å². The summed E-state index contributed by atoms with van der Waals surface area (Å²) in [6.45, 7) is 1.82. The number of nitrogens with zero attached hydrogens (tertiary/aromatic N) is 1. The normalized spacial score (nSPS) is 10.3. The van der Waals surface area contributed by atoms with Gasteiger partial charge < -0.3 is 15.0 Å². The zero-order valence-electron chi connectivity index (χ0n) is 12.3. The number of carbonyl (C=O) groups excluding carboxylic acids is 1. The van der Waals surface area contributed by atoms with Gasteiger partial charge in [-0.05, 0) is 19.1 Å². The van der Waals surface area contributed by atoms with Crippen LogP contribution in [0.5, 0.6) is 0 Å². The number of amides is 1. The van der Waals surface area contributed by atoms with E-state index in [0.717, 1.165) is 5.56 Å². The summed E-state index contributed by atoms with van der Waals surface area (Å²) < 4.78 is 1.19. The van der Waals surface area contributed by atoms with Crippen molar-refractivity contribution in [3.63, 3.8) is 0 Å². The van der Waals surface area contributed by atoms with Crippen LogP contribution in [-0.2, 0) is 11.3 Å². The minimum absolute atomic E-state index is 0.000409. The Hall–Kier alpha value is -3.16. The van der Waals surface area contributed by atoms with E-state index in [0.29, 0.717) is 0 Å². The van der Waals surface area contributed by atoms with Gasteiger partial charge in [0.25, 0.3) is 5.56 Å². The maximum absolute atomic E-state index is 11.9. The van der Waals surface area contributed by atoms with Gasteiger partial charge >= 0.3 is 11.7 Å². The first kappa shape index (κ1) is 16.2. The highest BCUT2D eigenvalue weighted by Crippen LogP contribution is 2.17. The number of anilines is 1. The molecule has 2 rings (SSSR count). The monoisotopic (exact) mass is 317 g/mol. The first-order valence-electron chi connectivity index (χ1n) is 6.80. The lowest BCUT2D eigenvalue weighted by atomic mass is 10.1. The summed E-state index contributed by atoms with van der Waals surface area (Å²) in [4.78, 5) is 47.6. The fourth-order valence-corrected chi connectivity index (χ4v) is 2.00. The predicted molar refractivity (Wildman–Crippen MR) is 82.7 cm³/mol. The van der Waals surface area contributed by atoms with Crippen LogP contribution in [0.1, 0.15) is 22.3 Å². The Morgan fingerprint density at radius 1 is 1.26 bits per heavy atom. The molecule has 0 bridgehead atoms. The number of hydrogen-bond donors (Lipinski definition) is 3. The van der Waals surface area contributed by atoms with Gasteiger partial charge in [-0.15, -0.1) is 0 Å². The minimum Gasteiger partial charge on any atom is -0.478 e. The smallest absolute Gasteiger partial charge is 0.337 e. The second-order valence-corrected chi connectivity index (χ2v) is 4.96. The van der Waals surface area contributed by atoms with Gasteiger partial charge in [-0.25, -0.2) is 9.59 Å². The van der Waals surface area contributed by atoms with Crippen LogP contribution >= 0.6 is 0 Å². The molecule has 0 aliphatic heterocycles. The van der Waals surface area contributed by atoms with Gasteiger partial charge in [-0.2, -0.15) is 0 Å². The zero-order chi connectivity index (χ0) is 17.0. The second kappa shape index (κ2) is 6.73. The first-order chi connectivity index (χ1) is 10.9. The Labute approximate surface area is 130 Å². The van der Waals surface area contributed by atoms with Crippen LogP contribution in [0.15, 0.2) is 40.1 Å². The Balaban J connectivity index is 2.07. The summed E-state index contributed by atoms with van der Waals surface area (Å²) in [5.41, 5.74) is -0.157. The van der Waals surface area contributed by atoms with Crippen molar-refractivity contribution in [3.05, 3.63) is 62.4 Å². The maximum atomic E-state index is 11.9. The highest BCUT2D eigenvalue weighted by molar-refractivity contribution is 6.00. The predicted octanol–water partition coefficient (Wildman–Crippen LogP) is 0.572. The molecule has 1 aromatic carbocycles. The molecule has 0 saturated carbocycles. The third-order valence-corrected chi connectivity index (χ3v) is 3.16. The number of H-pyrrole nitrogens is 1. The molecule has 2 aromatic rings. The van der Waals surface area contributed by atoms with Crippen LogP contribution < -0.4 is 16.6 Å². The van der Waals surface area contributed by atoms with Crippen LogP contribution in [0.2, 0.25) is 0 Å². The average molecular weight is 317 g/mol. The maximum Gasteiger partial charge on any atom is 0.337 e. The first-order valence-corrected chi connectivity index (χ1v) is 6.80. The largest absolute Gasteiger partial charge is 0.478 e. The van der Waals surface area contributed by atoms with Gasteiger partial charge in [-0.1, -0.05) is 11.6 Å². The molecule has 1 amide bonds. The molecule has 1 heterocycles. The Kier molecular flexibility index (Phi) is 4.75. The van der Waals surface area contributed by atoms with Crippen molar-refractivity contribution in [2.75, 3.05) is 5.32 Å². The van der Waals surface area contributed by atoms with Crippen molar-refractivity contribution in [2.45, 2.75) is 19.9 Å². The van der Waals surface area contributed by atoms with Gasteiger partial charge in [0.05, 0.1) is 11.3 Å². The van der Waals surface area contributed by atoms with Gasteiger partial charge in [0.2, 0.25) is 5.91 Å². The number of rotatable bonds is 5. The number of benzene rings is 1. The number of carbonyl (C=O) groups is 2. The standard InChI is InChI=1S/C15H15N3O5/c1-9-2-3-11(10(8-9)14(21)22)16-12(19)4-6-18-7-5-13(20)17-15(18)23/h2-3,5,7-8H,4,6H2,1H3,(H,16,19)(H,21,22)(H,17,20,23). The van der Waals surface area contributed by atoms with Gasteiger partial charge in [0.1, 0.15) is 0 Å². The van der Waals surface area contributed by atoms with Crippen LogP contribution in [0.25, 0.3) is 0 Å². The Bertz CT molecular complexity index is 866. The molecule has 23 heavy (non-hydrogen) atoms. The van der Waals surface area contributed by atoms with E-state index < -0.39 is 23.1 Å². The topological polar surface area (TPSA) is 121 Å². The highest BCUT2D eigenvalue weighted by atomic mass is 16.4. The van der Waals surface area contributed by atoms with Crippen LogP contribution in [0.4, 0.5) is 5.69 Å². The third-order valence-electron chi connectivity index (χ3n) is 3.16. The molecule has 0 atom stereocenters. The molecule has 120 valence electrons. The Morgan fingerprint density at radius 3 is 2.65 bits per heavy atom. The summed E-state index contributed by atoms with van der Waals surface area (Å²) in [5, 5.41) is 11.7. The lowest BCUT2D eigenvalue weighted by Crippen LogP contribution is -2.29. The second-order valence-electron chi connectivity index (χ2n) is 4.96. The zero-order valence-corrected chi connectivity index (χ0v) is 12.3. The molecule has 0 unspecified atom stereocenters. The van der Waals surface area contributed by atoms with E-state index in [2.05, 4.69) is 10.3 Å². The molecular formula is C15H15N3O5. The molecule has 0 aliphatic carbocycles. The minimum atomic E-state index is -1.14. The third kappa shape index (κ3) is 4.16. The fraction of sp³-hybridized carbons (Fsp3) is 0.200. The number of aromatic nitrogens is 2. The molecule has 0 aliphatic rings. The molecule has 8 nitrogen and oxygen atoms in total. The quantitative estimate of drug-likeness (QED) is 0.744. The van der Waals surface area contributed by atoms with E-state index in [-0.39, 0.29) is 24.2 Å². The Morgan fingerprint density at radius 2 is 2.00 bits per heavy atom. The lowest BCUT2D eigenvalue weighted by molar-refractivity contribution is -0.116. The lowest BCUT2D eigenvalue weighted by Gasteiger charge is -2.10. The number of hydrogen-bond acceptors (Lipinski definition) is 4. The number of aromatic amines is 1. The van der Waals surface area contributed by atoms with Crippen LogP contribution in [0.3, 0.4) is 0 Å². The molecule has 0 radical (unpaired) electrons. The molecule has 0 saturated heterocycles. The summed E-state index contributed by atoms with van der Waals surface area (Å²) in [5.74, 6) is -1.57. The summed E-state index contributed by atoms with van der Waals surface area (Å²) in [6, 6.07) is 5.85. The van der Waals surface area contributed by atoms with E-state index in [4.69, 9.17) is 5.11 Å². The van der Waals surface area contributed by atoms with Crippen LogP contribution in [-0.4, -0.2) is 26.5 Å². The molecule has 0 spiro atoms. The number of aromatic carboxylic acids is 1. The highest BCUT2D eigenvalue weighted by Gasteiger charge is 2.12. The van der Waals surface area contributed by atoms with Crippen LogP contribution in [0, 0.1) is 6.92 Å². The fourth-order valence-electron chi connectivity index (χ4n) is 2.00. The van der Waals surface area contributed by atoms with Crippen molar-refractivity contribution in [3.8, 4) is 0 Å². The van der Waals surface area contributed by atoms with Crippen molar-refractivity contribution < 1.29 is 14.7 Å². The van der Waals surface area contributed by atoms with E-state index in [1.165, 1.54) is 29.0 Å². The SMILES string of the molecule is Cc1ccc(NC(=O)CCn2ccc(=O)[nH]c2=O)c(C(=O)O)c1. The van der Waals surface area contributed by atoms with Gasteiger partial charge in [0.15, 0.2) is 0 Å².